The monoisotopic (exact) mass is 458 g/mol. The molecule has 1 heterocycles. The van der Waals surface area contributed by atoms with Gasteiger partial charge < -0.3 is 19.9 Å². The molecule has 0 unspecified atom stereocenters. The summed E-state index contributed by atoms with van der Waals surface area (Å²) < 4.78 is 5.81. The van der Waals surface area contributed by atoms with Crippen molar-refractivity contribution in [3.63, 3.8) is 0 Å². The van der Waals surface area contributed by atoms with Gasteiger partial charge >= 0.3 is 5.97 Å². The minimum absolute atomic E-state index is 0.0392. The fourth-order valence-corrected chi connectivity index (χ4v) is 4.20. The van der Waals surface area contributed by atoms with Crippen LogP contribution < -0.4 is 4.74 Å². The molecule has 0 bridgehead atoms. The molecular weight excluding hydrogens is 428 g/mol. The molecule has 1 aliphatic carbocycles. The zero-order valence-corrected chi connectivity index (χ0v) is 20.0. The topological polar surface area (TPSA) is 95.4 Å². The maximum absolute atomic E-state index is 11.4. The fraction of sp³-hybridized carbons (Fsp3) is 0.286. The van der Waals surface area contributed by atoms with Gasteiger partial charge in [-0.3, -0.25) is 0 Å². The molecule has 1 aliphatic rings. The highest BCUT2D eigenvalue weighted by Gasteiger charge is 2.43. The van der Waals surface area contributed by atoms with E-state index in [1.165, 1.54) is 11.6 Å². The van der Waals surface area contributed by atoms with E-state index in [2.05, 4.69) is 41.2 Å². The van der Waals surface area contributed by atoms with Gasteiger partial charge in [-0.2, -0.15) is 4.98 Å². The second kappa shape index (κ2) is 9.31. The number of aryl methyl sites for hydroxylation is 2. The lowest BCUT2D eigenvalue weighted by Crippen LogP contribution is -2.11. The van der Waals surface area contributed by atoms with Crippen LogP contribution in [0.5, 0.6) is 11.8 Å². The lowest BCUT2D eigenvalue weighted by Gasteiger charge is -2.13. The Morgan fingerprint density at radius 3 is 2.35 bits per heavy atom. The van der Waals surface area contributed by atoms with Crippen molar-refractivity contribution in [2.75, 3.05) is 6.61 Å². The summed E-state index contributed by atoms with van der Waals surface area (Å²) in [6.07, 6.45) is 2.08. The van der Waals surface area contributed by atoms with Gasteiger partial charge in [-0.15, -0.1) is 0 Å². The van der Waals surface area contributed by atoms with Crippen molar-refractivity contribution in [2.45, 2.75) is 46.0 Å². The van der Waals surface area contributed by atoms with Crippen molar-refractivity contribution in [2.24, 2.45) is 0 Å². The number of aromatic carboxylic acids is 1. The molecule has 1 aromatic heterocycles. The lowest BCUT2D eigenvalue weighted by molar-refractivity contribution is 0.0695. The standard InChI is InChI=1S/C26H24N2O4.C2H6/c1-15-3-8-19(12-21(15)24(30)31)32-25-27-22-11-16(2)20(13-23(22)28-25)17-4-6-18(7-5-17)26(14-29)9-10-26;1-2/h3-8,11-13,29H,9-10,14H2,1-2H3,(H,27,28)(H,30,31);1-2H3. The largest absolute Gasteiger partial charge is 0.478 e. The third-order valence-electron chi connectivity index (χ3n) is 6.42. The first-order valence-electron chi connectivity index (χ1n) is 11.6. The number of fused-ring (bicyclic) bond motifs is 1. The Labute approximate surface area is 199 Å². The lowest BCUT2D eigenvalue weighted by atomic mass is 9.93. The van der Waals surface area contributed by atoms with Crippen LogP contribution in [0.15, 0.2) is 54.6 Å². The van der Waals surface area contributed by atoms with Crippen LogP contribution in [0.25, 0.3) is 22.2 Å². The number of carboxylic acids is 1. The zero-order chi connectivity index (χ0) is 24.5. The number of nitrogens with zero attached hydrogens (tertiary/aromatic N) is 1. The van der Waals surface area contributed by atoms with Crippen molar-refractivity contribution in [1.29, 1.82) is 0 Å². The molecule has 176 valence electrons. The van der Waals surface area contributed by atoms with Gasteiger partial charge in [-0.05, 0) is 78.8 Å². The maximum atomic E-state index is 11.4. The number of aliphatic hydroxyl groups excluding tert-OH is 1. The third kappa shape index (κ3) is 4.41. The molecule has 0 atom stereocenters. The number of aliphatic hydroxyl groups is 1. The average Bonchev–Trinajstić information content (AvgIpc) is 3.55. The first-order chi connectivity index (χ1) is 16.4. The number of benzene rings is 3. The molecule has 0 amide bonds. The molecule has 4 aromatic rings. The van der Waals surface area contributed by atoms with E-state index in [0.717, 1.165) is 40.6 Å². The van der Waals surface area contributed by atoms with E-state index in [0.29, 0.717) is 17.3 Å². The molecule has 0 aliphatic heterocycles. The van der Waals surface area contributed by atoms with E-state index < -0.39 is 5.97 Å². The molecule has 6 nitrogen and oxygen atoms in total. The second-order valence-electron chi connectivity index (χ2n) is 8.63. The first kappa shape index (κ1) is 23.5. The number of carboxylic acid groups (broad SMARTS) is 1. The maximum Gasteiger partial charge on any atom is 0.336 e. The Morgan fingerprint density at radius 1 is 1.03 bits per heavy atom. The zero-order valence-electron chi connectivity index (χ0n) is 20.0. The van der Waals surface area contributed by atoms with E-state index in [1.807, 2.05) is 26.0 Å². The highest BCUT2D eigenvalue weighted by Crippen LogP contribution is 2.48. The van der Waals surface area contributed by atoms with Gasteiger partial charge in [0.2, 0.25) is 0 Å². The molecular formula is C28H30N2O4. The number of rotatable bonds is 6. The Morgan fingerprint density at radius 2 is 1.74 bits per heavy atom. The highest BCUT2D eigenvalue weighted by molar-refractivity contribution is 5.90. The van der Waals surface area contributed by atoms with Crippen LogP contribution in [0, 0.1) is 13.8 Å². The van der Waals surface area contributed by atoms with Crippen molar-refractivity contribution in [3.05, 3.63) is 76.9 Å². The SMILES string of the molecule is CC.Cc1ccc(Oc2nc3cc(-c4ccc(C5(CO)CC5)cc4)c(C)cc3[nH]2)cc1C(=O)O. The van der Waals surface area contributed by atoms with Crippen molar-refractivity contribution in [3.8, 4) is 22.9 Å². The van der Waals surface area contributed by atoms with E-state index >= 15 is 0 Å². The third-order valence-corrected chi connectivity index (χ3v) is 6.42. The van der Waals surface area contributed by atoms with Gasteiger partial charge in [0, 0.05) is 5.41 Å². The molecule has 6 heteroatoms. The number of hydrogen-bond donors (Lipinski definition) is 3. The number of imidazole rings is 1. The Balaban J connectivity index is 0.00000133. The summed E-state index contributed by atoms with van der Waals surface area (Å²) in [7, 11) is 0. The predicted molar refractivity (Wildman–Crippen MR) is 134 cm³/mol. The smallest absolute Gasteiger partial charge is 0.336 e. The minimum atomic E-state index is -0.990. The predicted octanol–water partition coefficient (Wildman–Crippen LogP) is 6.39. The summed E-state index contributed by atoms with van der Waals surface area (Å²) in [5.41, 5.74) is 6.93. The molecule has 1 fully saturated rings. The minimum Gasteiger partial charge on any atom is -0.478 e. The van der Waals surface area contributed by atoms with Crippen molar-refractivity contribution < 1.29 is 19.7 Å². The number of aromatic amines is 1. The van der Waals surface area contributed by atoms with Crippen LogP contribution in [-0.4, -0.2) is 32.8 Å². The summed E-state index contributed by atoms with van der Waals surface area (Å²) >= 11 is 0. The molecule has 1 saturated carbocycles. The number of ether oxygens (including phenoxy) is 1. The molecule has 3 N–H and O–H groups in total. The van der Waals surface area contributed by atoms with Crippen LogP contribution in [0.4, 0.5) is 0 Å². The van der Waals surface area contributed by atoms with Gasteiger partial charge in [0.05, 0.1) is 23.2 Å². The fourth-order valence-electron chi connectivity index (χ4n) is 4.20. The number of nitrogens with one attached hydrogen (secondary N) is 1. The van der Waals surface area contributed by atoms with Crippen LogP contribution in [0.3, 0.4) is 0 Å². The number of carbonyl (C=O) groups is 1. The quantitative estimate of drug-likeness (QED) is 0.311. The number of aromatic nitrogens is 2. The van der Waals surface area contributed by atoms with Gasteiger partial charge in [0.1, 0.15) is 5.75 Å². The first-order valence-corrected chi connectivity index (χ1v) is 11.6. The van der Waals surface area contributed by atoms with E-state index in [9.17, 15) is 15.0 Å². The van der Waals surface area contributed by atoms with Crippen LogP contribution in [0.1, 0.15) is 53.7 Å². The second-order valence-corrected chi connectivity index (χ2v) is 8.63. The Hall–Kier alpha value is -3.64. The van der Waals surface area contributed by atoms with Crippen molar-refractivity contribution >= 4 is 17.0 Å². The average molecular weight is 459 g/mol. The molecule has 5 rings (SSSR count). The molecule has 0 spiro atoms. The van der Waals surface area contributed by atoms with Gasteiger partial charge in [-0.25, -0.2) is 4.79 Å². The number of H-pyrrole nitrogens is 1. The van der Waals surface area contributed by atoms with E-state index in [-0.39, 0.29) is 17.6 Å². The summed E-state index contributed by atoms with van der Waals surface area (Å²) in [5, 5.41) is 19.0. The molecule has 34 heavy (non-hydrogen) atoms. The molecule has 0 radical (unpaired) electrons. The summed E-state index contributed by atoms with van der Waals surface area (Å²) in [6.45, 7) is 8.00. The molecule has 0 saturated heterocycles. The number of hydrogen-bond acceptors (Lipinski definition) is 4. The Kier molecular flexibility index (Phi) is 6.44. The summed E-state index contributed by atoms with van der Waals surface area (Å²) in [4.78, 5) is 19.1. The van der Waals surface area contributed by atoms with Crippen LogP contribution in [0.2, 0.25) is 0 Å². The highest BCUT2D eigenvalue weighted by atomic mass is 16.5. The van der Waals surface area contributed by atoms with Gasteiger partial charge in [-0.1, -0.05) is 44.2 Å². The van der Waals surface area contributed by atoms with E-state index in [1.54, 1.807) is 19.1 Å². The normalized spacial score (nSPS) is 13.8. The summed E-state index contributed by atoms with van der Waals surface area (Å²) in [6, 6.07) is 17.7. The van der Waals surface area contributed by atoms with Crippen LogP contribution >= 0.6 is 0 Å². The summed E-state index contributed by atoms with van der Waals surface area (Å²) in [5.74, 6) is -0.576. The Bertz CT molecular complexity index is 1330. The van der Waals surface area contributed by atoms with Gasteiger partial charge in [0.25, 0.3) is 6.01 Å². The van der Waals surface area contributed by atoms with E-state index in [4.69, 9.17) is 4.74 Å². The van der Waals surface area contributed by atoms with Gasteiger partial charge in [0.15, 0.2) is 0 Å². The molecule has 3 aromatic carbocycles. The van der Waals surface area contributed by atoms with Crippen LogP contribution in [-0.2, 0) is 5.41 Å². The van der Waals surface area contributed by atoms with Crippen molar-refractivity contribution in [1.82, 2.24) is 9.97 Å².